The van der Waals surface area contributed by atoms with Crippen LogP contribution in [0.1, 0.15) is 5.56 Å². The lowest BCUT2D eigenvalue weighted by atomic mass is 10.3. The number of rotatable bonds is 3. The predicted octanol–water partition coefficient (Wildman–Crippen LogP) is 3.15. The van der Waals surface area contributed by atoms with E-state index in [4.69, 9.17) is 11.6 Å². The molecule has 0 aliphatic heterocycles. The van der Waals surface area contributed by atoms with Crippen molar-refractivity contribution >= 4 is 34.8 Å². The Hall–Kier alpha value is -2.19. The third-order valence-corrected chi connectivity index (χ3v) is 4.36. The second-order valence-electron chi connectivity index (χ2n) is 4.16. The molecule has 3 aromatic rings. The molecule has 0 fully saturated rings. The van der Waals surface area contributed by atoms with Crippen LogP contribution in [0.25, 0.3) is 5.78 Å². The normalized spacial score (nSPS) is 11.0. The van der Waals surface area contributed by atoms with Gasteiger partial charge in [-0.15, -0.1) is 0 Å². The summed E-state index contributed by atoms with van der Waals surface area (Å²) in [6.45, 7) is 1.84. The number of nitrogens with zero attached hydrogens (tertiary/aromatic N) is 5. The van der Waals surface area contributed by atoms with Crippen LogP contribution in [0.2, 0.25) is 5.15 Å². The highest BCUT2D eigenvalue weighted by molar-refractivity contribution is 7.99. The first-order chi connectivity index (χ1) is 10.1. The summed E-state index contributed by atoms with van der Waals surface area (Å²) < 4.78 is 1.59. The number of benzene rings is 1. The van der Waals surface area contributed by atoms with Gasteiger partial charge in [-0.3, -0.25) is 10.1 Å². The van der Waals surface area contributed by atoms with Crippen LogP contribution in [0.3, 0.4) is 0 Å². The van der Waals surface area contributed by atoms with E-state index in [-0.39, 0.29) is 5.69 Å². The van der Waals surface area contributed by atoms with Crippen molar-refractivity contribution in [1.82, 2.24) is 19.6 Å². The van der Waals surface area contributed by atoms with E-state index >= 15 is 0 Å². The summed E-state index contributed by atoms with van der Waals surface area (Å²) in [4.78, 5) is 19.2. The van der Waals surface area contributed by atoms with Gasteiger partial charge in [0.15, 0.2) is 0 Å². The topological polar surface area (TPSA) is 86.2 Å². The maximum absolute atomic E-state index is 10.7. The first-order valence-electron chi connectivity index (χ1n) is 5.84. The van der Waals surface area contributed by atoms with Gasteiger partial charge in [-0.1, -0.05) is 23.4 Å². The largest absolute Gasteiger partial charge is 0.269 e. The van der Waals surface area contributed by atoms with E-state index in [0.717, 1.165) is 15.5 Å². The summed E-state index contributed by atoms with van der Waals surface area (Å²) in [7, 11) is 0. The minimum absolute atomic E-state index is 0.0507. The van der Waals surface area contributed by atoms with E-state index < -0.39 is 4.92 Å². The van der Waals surface area contributed by atoms with Crippen LogP contribution in [-0.4, -0.2) is 24.5 Å². The van der Waals surface area contributed by atoms with Crippen molar-refractivity contribution in [1.29, 1.82) is 0 Å². The summed E-state index contributed by atoms with van der Waals surface area (Å²) in [5.41, 5.74) is 0.827. The number of non-ortho nitro benzene ring substituents is 1. The maximum Gasteiger partial charge on any atom is 0.269 e. The average Bonchev–Trinajstić information content (AvgIpc) is 2.92. The summed E-state index contributed by atoms with van der Waals surface area (Å²) in [6.07, 6.45) is 1.40. The SMILES string of the molecule is Cc1c(Cl)nc2ncnn2c1Sc1ccc([N+](=O)[O-])cc1. The van der Waals surface area contributed by atoms with E-state index in [9.17, 15) is 10.1 Å². The van der Waals surface area contributed by atoms with Crippen molar-refractivity contribution in [2.45, 2.75) is 16.8 Å². The van der Waals surface area contributed by atoms with Crippen molar-refractivity contribution < 1.29 is 4.92 Å². The zero-order chi connectivity index (χ0) is 15.0. The van der Waals surface area contributed by atoms with E-state index in [1.807, 2.05) is 6.92 Å². The third kappa shape index (κ3) is 2.55. The molecule has 0 saturated heterocycles. The molecular formula is C12H8ClN5O2S. The molecule has 2 heterocycles. The minimum atomic E-state index is -0.432. The Morgan fingerprint density at radius 1 is 1.33 bits per heavy atom. The van der Waals surface area contributed by atoms with Gasteiger partial charge in [0.1, 0.15) is 16.5 Å². The second kappa shape index (κ2) is 5.30. The van der Waals surface area contributed by atoms with Gasteiger partial charge in [-0.25, -0.2) is 0 Å². The molecule has 0 aliphatic rings. The lowest BCUT2D eigenvalue weighted by molar-refractivity contribution is -0.384. The molecule has 0 N–H and O–H groups in total. The van der Waals surface area contributed by atoms with Gasteiger partial charge in [-0.05, 0) is 19.1 Å². The zero-order valence-electron chi connectivity index (χ0n) is 10.7. The van der Waals surface area contributed by atoms with Crippen LogP contribution < -0.4 is 0 Å². The Bertz CT molecular complexity index is 834. The molecule has 3 rings (SSSR count). The highest BCUT2D eigenvalue weighted by Crippen LogP contribution is 2.33. The number of hydrogen-bond acceptors (Lipinski definition) is 6. The number of nitro benzene ring substituents is 1. The molecule has 0 radical (unpaired) electrons. The highest BCUT2D eigenvalue weighted by Gasteiger charge is 2.14. The summed E-state index contributed by atoms with van der Waals surface area (Å²) in [6, 6.07) is 6.27. The lowest BCUT2D eigenvalue weighted by Gasteiger charge is -2.08. The molecule has 0 amide bonds. The van der Waals surface area contributed by atoms with Crippen molar-refractivity contribution in [3.8, 4) is 0 Å². The number of fused-ring (bicyclic) bond motifs is 1. The van der Waals surface area contributed by atoms with E-state index in [0.29, 0.717) is 10.9 Å². The van der Waals surface area contributed by atoms with Crippen molar-refractivity contribution in [2.75, 3.05) is 0 Å². The molecule has 7 nitrogen and oxygen atoms in total. The van der Waals surface area contributed by atoms with Gasteiger partial charge in [0.25, 0.3) is 11.5 Å². The van der Waals surface area contributed by atoms with Crippen LogP contribution in [0.4, 0.5) is 5.69 Å². The number of hydrogen-bond donors (Lipinski definition) is 0. The van der Waals surface area contributed by atoms with Crippen molar-refractivity contribution in [3.05, 3.63) is 51.4 Å². The van der Waals surface area contributed by atoms with E-state index in [1.165, 1.54) is 30.2 Å². The van der Waals surface area contributed by atoms with Crippen LogP contribution >= 0.6 is 23.4 Å². The van der Waals surface area contributed by atoms with Crippen LogP contribution in [0.15, 0.2) is 40.5 Å². The van der Waals surface area contributed by atoms with Gasteiger partial charge in [0.05, 0.1) is 4.92 Å². The fourth-order valence-corrected chi connectivity index (χ4v) is 2.92. The number of aromatic nitrogens is 4. The zero-order valence-corrected chi connectivity index (χ0v) is 12.3. The molecule has 2 aromatic heterocycles. The van der Waals surface area contributed by atoms with Gasteiger partial charge >= 0.3 is 0 Å². The molecule has 0 spiro atoms. The first-order valence-corrected chi connectivity index (χ1v) is 7.04. The summed E-state index contributed by atoms with van der Waals surface area (Å²) >= 11 is 7.48. The fraction of sp³-hybridized carbons (Fsp3) is 0.0833. The monoisotopic (exact) mass is 321 g/mol. The maximum atomic E-state index is 10.7. The van der Waals surface area contributed by atoms with Crippen LogP contribution in [-0.2, 0) is 0 Å². The van der Waals surface area contributed by atoms with Crippen molar-refractivity contribution in [2.24, 2.45) is 0 Å². The Kier molecular flexibility index (Phi) is 3.48. The number of nitro groups is 1. The molecule has 0 unspecified atom stereocenters. The van der Waals surface area contributed by atoms with E-state index in [1.54, 1.807) is 16.6 Å². The quantitative estimate of drug-likeness (QED) is 0.418. The Balaban J connectivity index is 2.03. The van der Waals surface area contributed by atoms with Crippen LogP contribution in [0, 0.1) is 17.0 Å². The molecule has 0 bridgehead atoms. The first kappa shape index (κ1) is 13.8. The lowest BCUT2D eigenvalue weighted by Crippen LogP contribution is -1.99. The molecule has 0 saturated carbocycles. The summed E-state index contributed by atoms with van der Waals surface area (Å²) in [5.74, 6) is 0.412. The Morgan fingerprint density at radius 3 is 2.71 bits per heavy atom. The molecule has 0 aliphatic carbocycles. The van der Waals surface area contributed by atoms with Gasteiger partial charge < -0.3 is 0 Å². The Morgan fingerprint density at radius 2 is 2.05 bits per heavy atom. The smallest absolute Gasteiger partial charge is 0.258 e. The predicted molar refractivity (Wildman–Crippen MR) is 77.7 cm³/mol. The molecule has 21 heavy (non-hydrogen) atoms. The van der Waals surface area contributed by atoms with Crippen molar-refractivity contribution in [3.63, 3.8) is 0 Å². The summed E-state index contributed by atoms with van der Waals surface area (Å²) in [5, 5.41) is 15.9. The fourth-order valence-electron chi connectivity index (χ4n) is 1.74. The number of halogens is 1. The molecule has 9 heteroatoms. The molecule has 1 aromatic carbocycles. The van der Waals surface area contributed by atoms with Crippen LogP contribution in [0.5, 0.6) is 0 Å². The van der Waals surface area contributed by atoms with Gasteiger partial charge in [0, 0.05) is 22.6 Å². The molecule has 106 valence electrons. The van der Waals surface area contributed by atoms with Gasteiger partial charge in [-0.2, -0.15) is 19.6 Å². The second-order valence-corrected chi connectivity index (χ2v) is 5.58. The third-order valence-electron chi connectivity index (χ3n) is 2.81. The molecular weight excluding hydrogens is 314 g/mol. The average molecular weight is 322 g/mol. The molecule has 0 atom stereocenters. The van der Waals surface area contributed by atoms with E-state index in [2.05, 4.69) is 15.1 Å². The van der Waals surface area contributed by atoms with Gasteiger partial charge in [0.2, 0.25) is 0 Å². The highest BCUT2D eigenvalue weighted by atomic mass is 35.5. The Labute approximate surface area is 128 Å². The standard InChI is InChI=1S/C12H8ClN5O2S/c1-7-10(13)16-12-14-6-15-17(12)11(7)21-9-4-2-8(3-5-9)18(19)20/h2-6H,1H3. The minimum Gasteiger partial charge on any atom is -0.258 e.